The summed E-state index contributed by atoms with van der Waals surface area (Å²) >= 11 is 0. The minimum absolute atomic E-state index is 0.0739. The second-order valence-electron chi connectivity index (χ2n) is 5.96. The first-order valence-electron chi connectivity index (χ1n) is 8.27. The van der Waals surface area contributed by atoms with Gasteiger partial charge in [0.2, 0.25) is 5.91 Å². The van der Waals surface area contributed by atoms with Gasteiger partial charge in [-0.25, -0.2) is 4.98 Å². The van der Waals surface area contributed by atoms with Gasteiger partial charge in [0, 0.05) is 38.1 Å². The average molecular weight is 341 g/mol. The Morgan fingerprint density at radius 3 is 2.72 bits per heavy atom. The zero-order valence-electron chi connectivity index (χ0n) is 14.3. The Labute approximate surface area is 147 Å². The predicted octanol–water partition coefficient (Wildman–Crippen LogP) is 1.43. The molecule has 0 atom stereocenters. The number of nitrogens with two attached hydrogens (primary N) is 1. The zero-order chi connectivity index (χ0) is 17.6. The van der Waals surface area contributed by atoms with Crippen LogP contribution in [0.4, 0.5) is 17.2 Å². The van der Waals surface area contributed by atoms with E-state index in [1.807, 2.05) is 18.2 Å². The lowest BCUT2D eigenvalue weighted by Gasteiger charge is -2.34. The minimum Gasteiger partial charge on any atom is -0.495 e. The van der Waals surface area contributed by atoms with Gasteiger partial charge < -0.3 is 20.7 Å². The number of aromatic nitrogens is 1. The number of nitrogens with one attached hydrogen (secondary N) is 1. The molecule has 1 fully saturated rings. The van der Waals surface area contributed by atoms with Crippen LogP contribution in [0.3, 0.4) is 0 Å². The molecular formula is C18H23N5O2. The third kappa shape index (κ3) is 4.39. The number of nitrogen functional groups attached to an aromatic ring is 1. The monoisotopic (exact) mass is 341 g/mol. The standard InChI is InChI=1S/C18H23N5O2/c1-25-16-6-5-14(19)12-15(16)21-18(24)13-22-8-10-23(11-9-22)17-4-2-3-7-20-17/h2-7,12H,8-11,13,19H2,1H3,(H,21,24). The third-order valence-electron chi connectivity index (χ3n) is 4.21. The summed E-state index contributed by atoms with van der Waals surface area (Å²) in [5.41, 5.74) is 6.96. The number of piperazine rings is 1. The highest BCUT2D eigenvalue weighted by atomic mass is 16.5. The van der Waals surface area contributed by atoms with Crippen LogP contribution in [0.5, 0.6) is 5.75 Å². The molecule has 7 heteroatoms. The summed E-state index contributed by atoms with van der Waals surface area (Å²) < 4.78 is 5.26. The van der Waals surface area contributed by atoms with Crippen LogP contribution in [0.15, 0.2) is 42.6 Å². The molecule has 1 aliphatic heterocycles. The van der Waals surface area contributed by atoms with E-state index in [-0.39, 0.29) is 5.91 Å². The largest absolute Gasteiger partial charge is 0.495 e. The number of carbonyl (C=O) groups is 1. The Hall–Kier alpha value is -2.80. The molecule has 7 nitrogen and oxygen atoms in total. The molecule has 1 aromatic heterocycles. The van der Waals surface area contributed by atoms with Crippen LogP contribution in [-0.2, 0) is 4.79 Å². The van der Waals surface area contributed by atoms with E-state index < -0.39 is 0 Å². The van der Waals surface area contributed by atoms with Crippen molar-refractivity contribution in [3.8, 4) is 5.75 Å². The number of rotatable bonds is 5. The molecule has 0 aliphatic carbocycles. The highest BCUT2D eigenvalue weighted by molar-refractivity contribution is 5.94. The van der Waals surface area contributed by atoms with E-state index in [2.05, 4.69) is 20.1 Å². The number of amides is 1. The van der Waals surface area contributed by atoms with Crippen LogP contribution in [0.2, 0.25) is 0 Å². The topological polar surface area (TPSA) is 83.7 Å². The Balaban J connectivity index is 1.52. The van der Waals surface area contributed by atoms with Crippen LogP contribution < -0.4 is 20.7 Å². The fourth-order valence-corrected chi connectivity index (χ4v) is 2.89. The molecule has 2 aromatic rings. The van der Waals surface area contributed by atoms with Crippen molar-refractivity contribution in [2.24, 2.45) is 0 Å². The number of ether oxygens (including phenoxy) is 1. The van der Waals surface area contributed by atoms with Crippen molar-refractivity contribution in [3.63, 3.8) is 0 Å². The fraction of sp³-hybridized carbons (Fsp3) is 0.333. The van der Waals surface area contributed by atoms with Crippen LogP contribution in [0.25, 0.3) is 0 Å². The SMILES string of the molecule is COc1ccc(N)cc1NC(=O)CN1CCN(c2ccccn2)CC1. The molecule has 25 heavy (non-hydrogen) atoms. The summed E-state index contributed by atoms with van der Waals surface area (Å²) in [5, 5.41) is 2.88. The van der Waals surface area contributed by atoms with E-state index in [9.17, 15) is 4.79 Å². The van der Waals surface area contributed by atoms with Gasteiger partial charge in [0.25, 0.3) is 0 Å². The van der Waals surface area contributed by atoms with E-state index in [0.29, 0.717) is 23.7 Å². The number of carbonyl (C=O) groups excluding carboxylic acids is 1. The van der Waals surface area contributed by atoms with Crippen LogP contribution in [-0.4, -0.2) is 55.6 Å². The Bertz CT molecular complexity index is 715. The van der Waals surface area contributed by atoms with Gasteiger partial charge in [0.15, 0.2) is 0 Å². The first-order valence-corrected chi connectivity index (χ1v) is 8.27. The molecule has 132 valence electrons. The van der Waals surface area contributed by atoms with Crippen molar-refractivity contribution >= 4 is 23.1 Å². The summed E-state index contributed by atoms with van der Waals surface area (Å²) in [6.07, 6.45) is 1.80. The van der Waals surface area contributed by atoms with E-state index in [1.54, 1.807) is 31.5 Å². The lowest BCUT2D eigenvalue weighted by Crippen LogP contribution is -2.48. The fourth-order valence-electron chi connectivity index (χ4n) is 2.89. The second kappa shape index (κ2) is 7.85. The van der Waals surface area contributed by atoms with Gasteiger partial charge in [0.05, 0.1) is 19.3 Å². The normalized spacial score (nSPS) is 15.0. The Kier molecular flexibility index (Phi) is 5.35. The molecule has 1 saturated heterocycles. The van der Waals surface area contributed by atoms with Crippen molar-refractivity contribution in [1.82, 2.24) is 9.88 Å². The van der Waals surface area contributed by atoms with Gasteiger partial charge >= 0.3 is 0 Å². The molecule has 1 amide bonds. The maximum atomic E-state index is 12.3. The number of benzene rings is 1. The first kappa shape index (κ1) is 17.0. The summed E-state index contributed by atoms with van der Waals surface area (Å²) in [6.45, 7) is 3.68. The molecule has 3 rings (SSSR count). The maximum Gasteiger partial charge on any atom is 0.238 e. The summed E-state index contributed by atoms with van der Waals surface area (Å²) in [4.78, 5) is 21.1. The number of hydrogen-bond donors (Lipinski definition) is 2. The van der Waals surface area contributed by atoms with E-state index in [0.717, 1.165) is 32.0 Å². The molecule has 2 heterocycles. The van der Waals surface area contributed by atoms with Crippen LogP contribution in [0.1, 0.15) is 0 Å². The smallest absolute Gasteiger partial charge is 0.238 e. The highest BCUT2D eigenvalue weighted by Gasteiger charge is 2.20. The number of methoxy groups -OCH3 is 1. The summed E-state index contributed by atoms with van der Waals surface area (Å²) in [5.74, 6) is 1.51. The van der Waals surface area contributed by atoms with Gasteiger partial charge in [-0.15, -0.1) is 0 Å². The van der Waals surface area contributed by atoms with Gasteiger partial charge in [-0.1, -0.05) is 6.07 Å². The van der Waals surface area contributed by atoms with E-state index >= 15 is 0 Å². The molecular weight excluding hydrogens is 318 g/mol. The zero-order valence-corrected chi connectivity index (χ0v) is 14.3. The van der Waals surface area contributed by atoms with Crippen molar-refractivity contribution in [2.75, 3.05) is 55.8 Å². The number of pyridine rings is 1. The molecule has 3 N–H and O–H groups in total. The quantitative estimate of drug-likeness (QED) is 0.801. The lowest BCUT2D eigenvalue weighted by molar-refractivity contribution is -0.117. The first-order chi connectivity index (χ1) is 12.2. The average Bonchev–Trinajstić information content (AvgIpc) is 2.63. The Morgan fingerprint density at radius 1 is 1.24 bits per heavy atom. The second-order valence-corrected chi connectivity index (χ2v) is 5.96. The highest BCUT2D eigenvalue weighted by Crippen LogP contribution is 2.26. The Morgan fingerprint density at radius 2 is 2.04 bits per heavy atom. The number of hydrogen-bond acceptors (Lipinski definition) is 6. The lowest BCUT2D eigenvalue weighted by atomic mass is 10.2. The van der Waals surface area contributed by atoms with Gasteiger partial charge in [-0.05, 0) is 30.3 Å². The van der Waals surface area contributed by atoms with Gasteiger partial charge in [-0.2, -0.15) is 0 Å². The molecule has 0 saturated carbocycles. The van der Waals surface area contributed by atoms with Crippen molar-refractivity contribution in [3.05, 3.63) is 42.6 Å². The van der Waals surface area contributed by atoms with Crippen molar-refractivity contribution in [2.45, 2.75) is 0 Å². The number of anilines is 3. The van der Waals surface area contributed by atoms with Gasteiger partial charge in [-0.3, -0.25) is 9.69 Å². The minimum atomic E-state index is -0.0739. The van der Waals surface area contributed by atoms with E-state index in [4.69, 9.17) is 10.5 Å². The van der Waals surface area contributed by atoms with Crippen LogP contribution >= 0.6 is 0 Å². The maximum absolute atomic E-state index is 12.3. The molecule has 0 spiro atoms. The predicted molar refractivity (Wildman–Crippen MR) is 98.9 cm³/mol. The summed E-state index contributed by atoms with van der Waals surface area (Å²) in [7, 11) is 1.57. The third-order valence-corrected chi connectivity index (χ3v) is 4.21. The molecule has 0 unspecified atom stereocenters. The van der Waals surface area contributed by atoms with Crippen molar-refractivity contribution in [1.29, 1.82) is 0 Å². The molecule has 1 aromatic carbocycles. The molecule has 0 radical (unpaired) electrons. The summed E-state index contributed by atoms with van der Waals surface area (Å²) in [6, 6.07) is 11.1. The van der Waals surface area contributed by atoms with Crippen molar-refractivity contribution < 1.29 is 9.53 Å². The number of nitrogens with zero attached hydrogens (tertiary/aromatic N) is 3. The van der Waals surface area contributed by atoms with Gasteiger partial charge in [0.1, 0.15) is 11.6 Å². The molecule has 1 aliphatic rings. The molecule has 0 bridgehead atoms. The van der Waals surface area contributed by atoms with Crippen LogP contribution in [0, 0.1) is 0 Å². The van der Waals surface area contributed by atoms with E-state index in [1.165, 1.54) is 0 Å².